The molecule has 0 radical (unpaired) electrons. The predicted octanol–water partition coefficient (Wildman–Crippen LogP) is 5.29. The van der Waals surface area contributed by atoms with Crippen LogP contribution in [0.3, 0.4) is 0 Å². The molecule has 0 unspecified atom stereocenters. The Morgan fingerprint density at radius 2 is 1.90 bits per heavy atom. The summed E-state index contributed by atoms with van der Waals surface area (Å²) in [6.45, 7) is 5.51. The van der Waals surface area contributed by atoms with Gasteiger partial charge in [0.25, 0.3) is 0 Å². The fraction of sp³-hybridized carbons (Fsp3) is 0.350. The standard InChI is InChI=1S/C18H19N3S.C2HF3O2/c1-12-5-7-14(8-6-12)15-10-22-18-16(15)17(19-11-20-18)21-9-3-4-13(21)2;3-2(4,5)1(6)7/h5-8,10-11,13H,3-4,9H2,1-2H3;(H,6,7)/t13-;/m0./s1. The first-order valence-corrected chi connectivity index (χ1v) is 9.92. The second-order valence-corrected chi connectivity index (χ2v) is 7.74. The van der Waals surface area contributed by atoms with Crippen molar-refractivity contribution in [1.82, 2.24) is 9.97 Å². The van der Waals surface area contributed by atoms with Gasteiger partial charge in [0.1, 0.15) is 17.0 Å². The molecule has 3 heterocycles. The highest BCUT2D eigenvalue weighted by atomic mass is 32.1. The molecular weight excluding hydrogens is 403 g/mol. The first kappa shape index (κ1) is 21.0. The molecule has 1 aromatic carbocycles. The van der Waals surface area contributed by atoms with Gasteiger partial charge in [-0.15, -0.1) is 11.3 Å². The summed E-state index contributed by atoms with van der Waals surface area (Å²) in [6, 6.07) is 9.28. The average Bonchev–Trinajstić information content (AvgIpc) is 3.28. The molecule has 1 aliphatic rings. The third-order valence-electron chi connectivity index (χ3n) is 4.78. The van der Waals surface area contributed by atoms with Crippen molar-refractivity contribution < 1.29 is 23.1 Å². The third-order valence-corrected chi connectivity index (χ3v) is 5.67. The molecule has 1 fully saturated rings. The van der Waals surface area contributed by atoms with Crippen molar-refractivity contribution >= 4 is 33.3 Å². The van der Waals surface area contributed by atoms with Crippen molar-refractivity contribution in [2.24, 2.45) is 0 Å². The number of alkyl halides is 3. The summed E-state index contributed by atoms with van der Waals surface area (Å²) in [6.07, 6.45) is -0.885. The van der Waals surface area contributed by atoms with Crippen molar-refractivity contribution in [1.29, 1.82) is 0 Å². The van der Waals surface area contributed by atoms with E-state index in [0.717, 1.165) is 17.2 Å². The Morgan fingerprint density at radius 3 is 2.45 bits per heavy atom. The number of anilines is 1. The van der Waals surface area contributed by atoms with Gasteiger partial charge in [-0.05, 0) is 32.3 Å². The molecule has 0 amide bonds. The van der Waals surface area contributed by atoms with Gasteiger partial charge < -0.3 is 10.0 Å². The fourth-order valence-corrected chi connectivity index (χ4v) is 4.18. The molecule has 1 saturated heterocycles. The lowest BCUT2D eigenvalue weighted by molar-refractivity contribution is -0.192. The fourth-order valence-electron chi connectivity index (χ4n) is 3.27. The highest BCUT2D eigenvalue weighted by Gasteiger charge is 2.38. The number of carboxylic acids is 1. The topological polar surface area (TPSA) is 66.3 Å². The van der Waals surface area contributed by atoms with Gasteiger partial charge in [-0.2, -0.15) is 13.2 Å². The molecule has 9 heteroatoms. The summed E-state index contributed by atoms with van der Waals surface area (Å²) in [5.74, 6) is -1.65. The van der Waals surface area contributed by atoms with E-state index in [4.69, 9.17) is 9.90 Å². The van der Waals surface area contributed by atoms with Gasteiger partial charge in [-0.3, -0.25) is 0 Å². The van der Waals surface area contributed by atoms with Gasteiger partial charge in [-0.1, -0.05) is 29.8 Å². The minimum atomic E-state index is -5.08. The van der Waals surface area contributed by atoms with Crippen molar-refractivity contribution in [2.45, 2.75) is 38.9 Å². The molecule has 1 N–H and O–H groups in total. The van der Waals surface area contributed by atoms with Crippen LogP contribution in [-0.2, 0) is 4.79 Å². The number of hydrogen-bond acceptors (Lipinski definition) is 5. The van der Waals surface area contributed by atoms with Gasteiger partial charge in [0.15, 0.2) is 0 Å². The van der Waals surface area contributed by atoms with Crippen LogP contribution in [0.2, 0.25) is 0 Å². The van der Waals surface area contributed by atoms with Crippen molar-refractivity contribution in [3.05, 3.63) is 41.5 Å². The van der Waals surface area contributed by atoms with Crippen LogP contribution < -0.4 is 4.90 Å². The number of rotatable bonds is 2. The molecule has 1 atom stereocenters. The SMILES string of the molecule is Cc1ccc(-c2csc3ncnc(N4CCC[C@@H]4C)c23)cc1.O=C(O)C(F)(F)F. The van der Waals surface area contributed by atoms with E-state index in [1.54, 1.807) is 17.7 Å². The molecular formula is C20H20F3N3O2S. The summed E-state index contributed by atoms with van der Waals surface area (Å²) in [7, 11) is 0. The van der Waals surface area contributed by atoms with Gasteiger partial charge in [0.2, 0.25) is 0 Å². The zero-order chi connectivity index (χ0) is 21.2. The number of thiophene rings is 1. The summed E-state index contributed by atoms with van der Waals surface area (Å²) < 4.78 is 31.7. The monoisotopic (exact) mass is 423 g/mol. The smallest absolute Gasteiger partial charge is 0.475 e. The Hall–Kier alpha value is -2.68. The molecule has 2 aromatic heterocycles. The number of benzene rings is 1. The van der Waals surface area contributed by atoms with Crippen LogP contribution in [0.15, 0.2) is 36.0 Å². The molecule has 0 aliphatic carbocycles. The lowest BCUT2D eigenvalue weighted by Gasteiger charge is -2.23. The number of nitrogens with zero attached hydrogens (tertiary/aromatic N) is 3. The van der Waals surface area contributed by atoms with E-state index in [0.29, 0.717) is 6.04 Å². The van der Waals surface area contributed by atoms with E-state index in [1.807, 2.05) is 0 Å². The lowest BCUT2D eigenvalue weighted by atomic mass is 10.0. The molecule has 1 aliphatic heterocycles. The number of aryl methyl sites for hydroxylation is 1. The van der Waals surface area contributed by atoms with E-state index in [2.05, 4.69) is 58.4 Å². The highest BCUT2D eigenvalue weighted by Crippen LogP contribution is 2.39. The first-order valence-electron chi connectivity index (χ1n) is 9.04. The molecule has 3 aromatic rings. The second kappa shape index (κ2) is 8.36. The second-order valence-electron chi connectivity index (χ2n) is 6.88. The summed E-state index contributed by atoms with van der Waals surface area (Å²) in [5, 5.41) is 10.6. The molecule has 154 valence electrons. The van der Waals surface area contributed by atoms with Crippen LogP contribution in [0.5, 0.6) is 0 Å². The molecule has 5 nitrogen and oxygen atoms in total. The Bertz CT molecular complexity index is 1000. The summed E-state index contributed by atoms with van der Waals surface area (Å²) >= 11 is 1.71. The molecule has 29 heavy (non-hydrogen) atoms. The molecule has 0 spiro atoms. The van der Waals surface area contributed by atoms with E-state index in [9.17, 15) is 13.2 Å². The highest BCUT2D eigenvalue weighted by molar-refractivity contribution is 7.17. The van der Waals surface area contributed by atoms with Gasteiger partial charge in [-0.25, -0.2) is 14.8 Å². The van der Waals surface area contributed by atoms with Crippen LogP contribution in [0.25, 0.3) is 21.3 Å². The number of aromatic nitrogens is 2. The zero-order valence-corrected chi connectivity index (χ0v) is 16.7. The third kappa shape index (κ3) is 4.67. The van der Waals surface area contributed by atoms with E-state index in [-0.39, 0.29) is 0 Å². The zero-order valence-electron chi connectivity index (χ0n) is 15.9. The number of aliphatic carboxylic acids is 1. The van der Waals surface area contributed by atoms with E-state index < -0.39 is 12.1 Å². The number of carbonyl (C=O) groups is 1. The van der Waals surface area contributed by atoms with Crippen LogP contribution >= 0.6 is 11.3 Å². The maximum absolute atomic E-state index is 10.6. The lowest BCUT2D eigenvalue weighted by Crippen LogP contribution is -2.27. The van der Waals surface area contributed by atoms with Crippen molar-refractivity contribution in [3.63, 3.8) is 0 Å². The van der Waals surface area contributed by atoms with Gasteiger partial charge in [0, 0.05) is 23.5 Å². The van der Waals surface area contributed by atoms with Crippen molar-refractivity contribution in [2.75, 3.05) is 11.4 Å². The average molecular weight is 423 g/mol. The number of carboxylic acid groups (broad SMARTS) is 1. The Morgan fingerprint density at radius 1 is 1.24 bits per heavy atom. The Labute approximate surface area is 169 Å². The van der Waals surface area contributed by atoms with Crippen LogP contribution in [0.4, 0.5) is 19.0 Å². The van der Waals surface area contributed by atoms with E-state index >= 15 is 0 Å². The maximum atomic E-state index is 10.6. The Kier molecular flexibility index (Phi) is 6.07. The summed E-state index contributed by atoms with van der Waals surface area (Å²) in [4.78, 5) is 21.5. The van der Waals surface area contributed by atoms with Crippen LogP contribution in [0.1, 0.15) is 25.3 Å². The van der Waals surface area contributed by atoms with Crippen molar-refractivity contribution in [3.8, 4) is 11.1 Å². The van der Waals surface area contributed by atoms with Crippen LogP contribution in [0, 0.1) is 6.92 Å². The number of fused-ring (bicyclic) bond motifs is 1. The molecule has 0 saturated carbocycles. The maximum Gasteiger partial charge on any atom is 0.490 e. The molecule has 4 rings (SSSR count). The molecule has 0 bridgehead atoms. The Balaban J connectivity index is 0.000000298. The first-order chi connectivity index (χ1) is 13.7. The minimum Gasteiger partial charge on any atom is -0.475 e. The number of halogens is 3. The minimum absolute atomic E-state index is 0.559. The largest absolute Gasteiger partial charge is 0.490 e. The summed E-state index contributed by atoms with van der Waals surface area (Å²) in [5.41, 5.74) is 3.79. The predicted molar refractivity (Wildman–Crippen MR) is 107 cm³/mol. The quantitative estimate of drug-likeness (QED) is 0.607. The van der Waals surface area contributed by atoms with E-state index in [1.165, 1.54) is 34.9 Å². The van der Waals surface area contributed by atoms with Gasteiger partial charge >= 0.3 is 12.1 Å². The number of hydrogen-bond donors (Lipinski definition) is 1. The normalized spacial score (nSPS) is 16.6. The van der Waals surface area contributed by atoms with Gasteiger partial charge in [0.05, 0.1) is 5.39 Å². The van der Waals surface area contributed by atoms with Crippen LogP contribution in [-0.4, -0.2) is 39.8 Å².